The first-order valence-electron chi connectivity index (χ1n) is 20.0. The fourth-order valence-electron chi connectivity index (χ4n) is 10.4. The molecule has 2 saturated carbocycles. The van der Waals surface area contributed by atoms with Crippen molar-refractivity contribution in [1.29, 1.82) is 0 Å². The Bertz CT molecular complexity index is 2600. The number of fused-ring (bicyclic) bond motifs is 9. The van der Waals surface area contributed by atoms with Crippen molar-refractivity contribution in [3.63, 3.8) is 0 Å². The van der Waals surface area contributed by atoms with Gasteiger partial charge in [-0.1, -0.05) is 73.7 Å². The Morgan fingerprint density at radius 2 is 1.32 bits per heavy atom. The van der Waals surface area contributed by atoms with Gasteiger partial charge >= 0.3 is 0 Å². The number of allylic oxidation sites excluding steroid dienone is 11. The number of ether oxygens (including phenoxy) is 1. The summed E-state index contributed by atoms with van der Waals surface area (Å²) in [7, 11) is 0. The van der Waals surface area contributed by atoms with Crippen molar-refractivity contribution in [1.82, 2.24) is 0 Å². The van der Waals surface area contributed by atoms with Gasteiger partial charge in [0.25, 0.3) is 0 Å². The summed E-state index contributed by atoms with van der Waals surface area (Å²) in [5.74, 6) is 3.43. The van der Waals surface area contributed by atoms with E-state index in [-0.39, 0.29) is 5.41 Å². The Morgan fingerprint density at radius 3 is 2.12 bits per heavy atom. The molecule has 8 aliphatic rings. The van der Waals surface area contributed by atoms with Gasteiger partial charge in [-0.2, -0.15) is 0 Å². The van der Waals surface area contributed by atoms with E-state index in [1.54, 1.807) is 0 Å². The highest BCUT2D eigenvalue weighted by Crippen LogP contribution is 2.59. The zero-order valence-electron chi connectivity index (χ0n) is 31.3. The van der Waals surface area contributed by atoms with Crippen molar-refractivity contribution < 1.29 is 9.53 Å². The van der Waals surface area contributed by atoms with E-state index in [2.05, 4.69) is 73.7 Å². The summed E-state index contributed by atoms with van der Waals surface area (Å²) in [6.45, 7) is 2.25. The average molecular weight is 729 g/mol. The lowest BCUT2D eigenvalue weighted by atomic mass is 9.55. The highest BCUT2D eigenvalue weighted by atomic mass is 16.5. The number of rotatable bonds is 4. The number of nitrogens with zero attached hydrogens (tertiary/aromatic N) is 4. The van der Waals surface area contributed by atoms with Gasteiger partial charge in [0.1, 0.15) is 22.9 Å². The number of aliphatic imine (C=N–C) groups is 4. The minimum Gasteiger partial charge on any atom is -0.453 e. The fraction of sp³-hybridized carbons (Fsp3) is 0.220. The molecule has 0 amide bonds. The van der Waals surface area contributed by atoms with Crippen molar-refractivity contribution in [3.8, 4) is 5.75 Å². The van der Waals surface area contributed by atoms with E-state index >= 15 is 0 Å². The number of Topliss-reactive ketones (excluding diaryl/α,β-unsaturated/α-hetero) is 1. The molecule has 8 bridgehead atoms. The van der Waals surface area contributed by atoms with Crippen LogP contribution in [0.5, 0.6) is 5.75 Å². The SMILES string of the molecule is CC12CCC3c4ccc(OC5=C6C=CC(=N6)C(c6ccccc6)=C6C=CC(=N6)C=C6C=CC(=N6)C(c6ccccc6)=C6C=CC5=N6)cc4CCC3C1CCC2=O. The molecule has 3 aliphatic carbocycles. The van der Waals surface area contributed by atoms with Gasteiger partial charge in [0, 0.05) is 23.0 Å². The van der Waals surface area contributed by atoms with Crippen LogP contribution in [0.2, 0.25) is 0 Å². The fourth-order valence-corrected chi connectivity index (χ4v) is 10.4. The van der Waals surface area contributed by atoms with Gasteiger partial charge in [-0.05, 0) is 139 Å². The van der Waals surface area contributed by atoms with E-state index in [1.165, 1.54) is 11.1 Å². The van der Waals surface area contributed by atoms with E-state index < -0.39 is 0 Å². The Labute approximate surface area is 327 Å². The van der Waals surface area contributed by atoms with Gasteiger partial charge in [0.2, 0.25) is 0 Å². The maximum absolute atomic E-state index is 12.9. The van der Waals surface area contributed by atoms with Crippen LogP contribution in [0.1, 0.15) is 67.2 Å². The lowest BCUT2D eigenvalue weighted by Gasteiger charge is -2.48. The molecule has 11 rings (SSSR count). The first-order valence-corrected chi connectivity index (χ1v) is 20.0. The predicted molar refractivity (Wildman–Crippen MR) is 225 cm³/mol. The minimum atomic E-state index is -0.129. The topological polar surface area (TPSA) is 75.7 Å². The van der Waals surface area contributed by atoms with Crippen LogP contribution >= 0.6 is 0 Å². The summed E-state index contributed by atoms with van der Waals surface area (Å²) in [5, 5.41) is 0. The number of ketones is 1. The molecule has 4 atom stereocenters. The van der Waals surface area contributed by atoms with Crippen LogP contribution in [0.3, 0.4) is 0 Å². The van der Waals surface area contributed by atoms with Crippen molar-refractivity contribution in [3.05, 3.63) is 184 Å². The van der Waals surface area contributed by atoms with Gasteiger partial charge in [-0.25, -0.2) is 20.0 Å². The highest BCUT2D eigenvalue weighted by Gasteiger charge is 2.54. The molecule has 0 spiro atoms. The van der Waals surface area contributed by atoms with E-state index in [4.69, 9.17) is 24.7 Å². The molecule has 6 nitrogen and oxygen atoms in total. The Balaban J connectivity index is 1.04. The third kappa shape index (κ3) is 5.42. The first-order chi connectivity index (χ1) is 27.5. The van der Waals surface area contributed by atoms with Crippen molar-refractivity contribution in [2.75, 3.05) is 0 Å². The molecule has 4 unspecified atom stereocenters. The monoisotopic (exact) mass is 728 g/mol. The third-order valence-corrected chi connectivity index (χ3v) is 13.1. The number of carbonyl (C=O) groups excluding carboxylic acids is 1. The van der Waals surface area contributed by atoms with E-state index in [0.717, 1.165) is 101 Å². The van der Waals surface area contributed by atoms with Gasteiger partial charge in [-0.3, -0.25) is 4.79 Å². The van der Waals surface area contributed by atoms with E-state index in [1.807, 2.05) is 66.8 Å². The average Bonchev–Trinajstić information content (AvgIpc) is 4.09. The molecule has 6 heteroatoms. The first kappa shape index (κ1) is 33.1. The second-order valence-corrected chi connectivity index (χ2v) is 16.2. The van der Waals surface area contributed by atoms with Gasteiger partial charge in [0.05, 0.1) is 34.2 Å². The van der Waals surface area contributed by atoms with Gasteiger partial charge in [-0.15, -0.1) is 0 Å². The van der Waals surface area contributed by atoms with E-state index in [9.17, 15) is 4.79 Å². The van der Waals surface area contributed by atoms with Crippen LogP contribution in [0, 0.1) is 17.3 Å². The Kier molecular flexibility index (Phi) is 7.63. The van der Waals surface area contributed by atoms with Crippen molar-refractivity contribution >= 4 is 39.8 Å². The molecule has 5 aliphatic heterocycles. The van der Waals surface area contributed by atoms with Crippen LogP contribution in [0.25, 0.3) is 11.1 Å². The number of aryl methyl sites for hydroxylation is 1. The molecule has 0 radical (unpaired) electrons. The maximum Gasteiger partial charge on any atom is 0.178 e. The summed E-state index contributed by atoms with van der Waals surface area (Å²) < 4.78 is 6.99. The lowest BCUT2D eigenvalue weighted by Crippen LogP contribution is -2.42. The summed E-state index contributed by atoms with van der Waals surface area (Å²) in [6.07, 6.45) is 24.4. The maximum atomic E-state index is 12.9. The standard InChI is InChI=1S/C50H40N4O2/c1-50-27-26-37-36-17-15-35(28-32(36)12-16-38(37)39(50)18-25-46(50)55)56-49-44-23-21-42(53-44)47(30-8-4-2-5-9-30)40-19-13-33(51-40)29-34-14-20-41(52-34)48(31-10-6-3-7-11-31)43-22-24-45(49)54-43/h2-11,13-15,17,19-24,28-29,37-39H,12,16,18,25-27H2,1H3. The predicted octanol–water partition coefficient (Wildman–Crippen LogP) is 10.5. The molecule has 2 fully saturated rings. The molecule has 272 valence electrons. The molecule has 0 aromatic heterocycles. The quantitative estimate of drug-likeness (QED) is 0.268. The zero-order valence-corrected chi connectivity index (χ0v) is 31.3. The van der Waals surface area contributed by atoms with Crippen LogP contribution in [0.15, 0.2) is 182 Å². The highest BCUT2D eigenvalue weighted by molar-refractivity contribution is 6.34. The van der Waals surface area contributed by atoms with E-state index in [0.29, 0.717) is 40.7 Å². The van der Waals surface area contributed by atoms with Crippen LogP contribution in [-0.2, 0) is 11.2 Å². The smallest absolute Gasteiger partial charge is 0.178 e. The molecule has 56 heavy (non-hydrogen) atoms. The molecule has 3 aromatic rings. The number of hydrogen-bond acceptors (Lipinski definition) is 6. The van der Waals surface area contributed by atoms with Crippen molar-refractivity contribution in [2.45, 2.75) is 51.4 Å². The third-order valence-electron chi connectivity index (χ3n) is 13.1. The largest absolute Gasteiger partial charge is 0.453 e. The number of hydrogen-bond donors (Lipinski definition) is 0. The molecule has 3 aromatic carbocycles. The zero-order chi connectivity index (χ0) is 37.4. The Morgan fingerprint density at radius 1 is 0.643 bits per heavy atom. The lowest BCUT2D eigenvalue weighted by molar-refractivity contribution is -0.129. The van der Waals surface area contributed by atoms with Gasteiger partial charge < -0.3 is 4.74 Å². The molecule has 0 saturated heterocycles. The molecular formula is C50H40N4O2. The summed E-state index contributed by atoms with van der Waals surface area (Å²) in [5.41, 5.74) is 13.0. The van der Waals surface area contributed by atoms with Gasteiger partial charge in [0.15, 0.2) is 5.76 Å². The summed E-state index contributed by atoms with van der Waals surface area (Å²) in [6, 6.07) is 27.3. The van der Waals surface area contributed by atoms with Crippen LogP contribution in [-0.4, -0.2) is 28.6 Å². The second kappa shape index (κ2) is 12.9. The molecule has 5 heterocycles. The number of benzene rings is 3. The summed E-state index contributed by atoms with van der Waals surface area (Å²) in [4.78, 5) is 33.7. The second-order valence-electron chi connectivity index (χ2n) is 16.2. The molecule has 0 N–H and O–H groups in total. The summed E-state index contributed by atoms with van der Waals surface area (Å²) >= 11 is 0. The van der Waals surface area contributed by atoms with Crippen LogP contribution in [0.4, 0.5) is 0 Å². The molecular weight excluding hydrogens is 689 g/mol. The number of carbonyl (C=O) groups is 1. The Hall–Kier alpha value is -6.27. The normalized spacial score (nSPS) is 26.9. The minimum absolute atomic E-state index is 0.129. The van der Waals surface area contributed by atoms with Crippen LogP contribution < -0.4 is 4.74 Å². The van der Waals surface area contributed by atoms with Crippen molar-refractivity contribution in [2.24, 2.45) is 37.2 Å².